The third-order valence-corrected chi connectivity index (χ3v) is 6.15. The van der Waals surface area contributed by atoms with E-state index >= 15 is 0 Å². The van der Waals surface area contributed by atoms with Crippen molar-refractivity contribution in [2.45, 2.75) is 37.0 Å². The first-order chi connectivity index (χ1) is 8.90. The second-order valence-electron chi connectivity index (χ2n) is 4.99. The first kappa shape index (κ1) is 14.0. The van der Waals surface area contributed by atoms with Crippen LogP contribution in [0.5, 0.6) is 0 Å². The van der Waals surface area contributed by atoms with E-state index in [2.05, 4.69) is 6.92 Å². The molecule has 0 saturated heterocycles. The average molecular weight is 278 g/mol. The van der Waals surface area contributed by atoms with Crippen LogP contribution in [0, 0.1) is 11.3 Å². The van der Waals surface area contributed by atoms with Gasteiger partial charge in [0.2, 0.25) is 0 Å². The van der Waals surface area contributed by atoms with E-state index in [-0.39, 0.29) is 5.75 Å². The van der Waals surface area contributed by atoms with E-state index in [1.807, 2.05) is 30.3 Å². The predicted molar refractivity (Wildman–Crippen MR) is 74.3 cm³/mol. The van der Waals surface area contributed by atoms with Gasteiger partial charge in [0.25, 0.3) is 0 Å². The van der Waals surface area contributed by atoms with Gasteiger partial charge in [-0.15, -0.1) is 0 Å². The van der Waals surface area contributed by atoms with E-state index in [0.29, 0.717) is 0 Å². The molecule has 2 N–H and O–H groups in total. The molecular weight excluding hydrogens is 260 g/mol. The van der Waals surface area contributed by atoms with E-state index in [4.69, 9.17) is 5.73 Å². The van der Waals surface area contributed by atoms with Crippen LogP contribution in [0.3, 0.4) is 0 Å². The zero-order valence-corrected chi connectivity index (χ0v) is 11.9. The van der Waals surface area contributed by atoms with E-state index < -0.39 is 26.5 Å². The number of benzene rings is 1. The molecule has 1 aromatic carbocycles. The van der Waals surface area contributed by atoms with Crippen molar-refractivity contribution in [3.8, 4) is 6.07 Å². The molecule has 102 valence electrons. The molecule has 0 heterocycles. The monoisotopic (exact) mass is 278 g/mol. The maximum Gasteiger partial charge on any atom is 0.156 e. The number of nitrogens with two attached hydrogens (primary N) is 1. The molecule has 19 heavy (non-hydrogen) atoms. The van der Waals surface area contributed by atoms with Crippen molar-refractivity contribution in [3.05, 3.63) is 35.4 Å². The quantitative estimate of drug-likeness (QED) is 0.901. The maximum atomic E-state index is 12.0. The summed E-state index contributed by atoms with van der Waals surface area (Å²) in [5.74, 6) is -0.393. The molecule has 1 aliphatic carbocycles. The van der Waals surface area contributed by atoms with Crippen molar-refractivity contribution >= 4 is 9.84 Å². The van der Waals surface area contributed by atoms with Gasteiger partial charge in [0.15, 0.2) is 9.84 Å². The fourth-order valence-corrected chi connectivity index (χ4v) is 4.47. The Balaban J connectivity index is 2.37. The van der Waals surface area contributed by atoms with Crippen molar-refractivity contribution in [3.63, 3.8) is 0 Å². The summed E-state index contributed by atoms with van der Waals surface area (Å²) in [5.41, 5.74) is 6.70. The Labute approximate surface area is 114 Å². The topological polar surface area (TPSA) is 83.9 Å². The number of hydrogen-bond acceptors (Lipinski definition) is 4. The fourth-order valence-electron chi connectivity index (χ4n) is 2.60. The lowest BCUT2D eigenvalue weighted by Gasteiger charge is -2.02. The van der Waals surface area contributed by atoms with Crippen LogP contribution in [-0.2, 0) is 16.3 Å². The Morgan fingerprint density at radius 2 is 1.89 bits per heavy atom. The molecule has 0 bridgehead atoms. The van der Waals surface area contributed by atoms with Crippen LogP contribution in [-0.4, -0.2) is 25.0 Å². The third-order valence-electron chi connectivity index (χ3n) is 3.91. The largest absolute Gasteiger partial charge is 0.312 e. The SMILES string of the molecule is CCc1ccc(C2C(S(=O)(=O)CC)C2(N)C#N)cc1. The van der Waals surface area contributed by atoms with Crippen molar-refractivity contribution < 1.29 is 8.42 Å². The van der Waals surface area contributed by atoms with Crippen LogP contribution >= 0.6 is 0 Å². The molecule has 2 rings (SSSR count). The predicted octanol–water partition coefficient (Wildman–Crippen LogP) is 1.37. The number of aryl methyl sites for hydroxylation is 1. The van der Waals surface area contributed by atoms with Gasteiger partial charge < -0.3 is 5.73 Å². The summed E-state index contributed by atoms with van der Waals surface area (Å²) in [4.78, 5) is 0. The standard InChI is InChI=1S/C14H18N2O2S/c1-3-10-5-7-11(8-6-10)12-13(14(12,16)9-15)19(17,18)4-2/h5-8,12-13H,3-4,16H2,1-2H3. The Kier molecular flexibility index (Phi) is 3.41. The summed E-state index contributed by atoms with van der Waals surface area (Å²) in [5, 5.41) is 8.41. The number of nitrogens with zero attached hydrogens (tertiary/aromatic N) is 1. The van der Waals surface area contributed by atoms with Crippen LogP contribution < -0.4 is 5.73 Å². The molecule has 3 atom stereocenters. The maximum absolute atomic E-state index is 12.0. The van der Waals surface area contributed by atoms with Crippen LogP contribution in [0.15, 0.2) is 24.3 Å². The summed E-state index contributed by atoms with van der Waals surface area (Å²) in [6, 6.07) is 9.67. The highest BCUT2D eigenvalue weighted by Gasteiger charge is 2.69. The first-order valence-corrected chi connectivity index (χ1v) is 8.12. The molecule has 3 unspecified atom stereocenters. The summed E-state index contributed by atoms with van der Waals surface area (Å²) in [6.45, 7) is 3.64. The van der Waals surface area contributed by atoms with Gasteiger partial charge in [0.1, 0.15) is 10.8 Å². The second kappa shape index (κ2) is 4.62. The van der Waals surface area contributed by atoms with Crippen LogP contribution in [0.1, 0.15) is 30.9 Å². The minimum Gasteiger partial charge on any atom is -0.312 e. The lowest BCUT2D eigenvalue weighted by atomic mass is 10.0. The molecule has 0 radical (unpaired) electrons. The second-order valence-corrected chi connectivity index (χ2v) is 7.40. The van der Waals surface area contributed by atoms with E-state index in [0.717, 1.165) is 12.0 Å². The summed E-state index contributed by atoms with van der Waals surface area (Å²) in [6.07, 6.45) is 0.924. The number of hydrogen-bond donors (Lipinski definition) is 1. The van der Waals surface area contributed by atoms with Crippen LogP contribution in [0.2, 0.25) is 0 Å². The number of rotatable bonds is 4. The van der Waals surface area contributed by atoms with E-state index in [1.165, 1.54) is 5.56 Å². The Bertz CT molecular complexity index is 616. The molecule has 4 nitrogen and oxygen atoms in total. The van der Waals surface area contributed by atoms with Gasteiger partial charge in [-0.2, -0.15) is 5.26 Å². The molecule has 1 saturated carbocycles. The third kappa shape index (κ3) is 2.15. The molecule has 1 aliphatic rings. The molecule has 1 aromatic rings. The fraction of sp³-hybridized carbons (Fsp3) is 0.500. The highest BCUT2D eigenvalue weighted by atomic mass is 32.2. The van der Waals surface area contributed by atoms with Gasteiger partial charge in [-0.1, -0.05) is 38.1 Å². The first-order valence-electron chi connectivity index (χ1n) is 6.41. The average Bonchev–Trinajstić information content (AvgIpc) is 3.07. The van der Waals surface area contributed by atoms with Gasteiger partial charge in [-0.3, -0.25) is 0 Å². The van der Waals surface area contributed by atoms with Gasteiger partial charge in [0.05, 0.1) is 6.07 Å². The molecule has 5 heteroatoms. The minimum atomic E-state index is -3.31. The summed E-state index contributed by atoms with van der Waals surface area (Å²) in [7, 11) is -3.31. The van der Waals surface area contributed by atoms with Gasteiger partial charge in [-0.25, -0.2) is 8.42 Å². The zero-order chi connectivity index (χ0) is 14.3. The molecule has 0 aliphatic heterocycles. The summed E-state index contributed by atoms with van der Waals surface area (Å²) < 4.78 is 24.0. The number of nitriles is 1. The van der Waals surface area contributed by atoms with Crippen molar-refractivity contribution in [1.82, 2.24) is 0 Å². The molecule has 0 spiro atoms. The summed E-state index contributed by atoms with van der Waals surface area (Å²) >= 11 is 0. The lowest BCUT2D eigenvalue weighted by Crippen LogP contribution is -2.29. The molecule has 0 aromatic heterocycles. The Hall–Kier alpha value is -1.38. The Morgan fingerprint density at radius 1 is 1.32 bits per heavy atom. The van der Waals surface area contributed by atoms with Crippen molar-refractivity contribution in [2.24, 2.45) is 5.73 Å². The smallest absolute Gasteiger partial charge is 0.156 e. The molecule has 1 fully saturated rings. The van der Waals surface area contributed by atoms with Gasteiger partial charge >= 0.3 is 0 Å². The van der Waals surface area contributed by atoms with Gasteiger partial charge in [0, 0.05) is 11.7 Å². The highest BCUT2D eigenvalue weighted by Crippen LogP contribution is 2.53. The van der Waals surface area contributed by atoms with E-state index in [1.54, 1.807) is 6.92 Å². The lowest BCUT2D eigenvalue weighted by molar-refractivity contribution is 0.593. The highest BCUT2D eigenvalue weighted by molar-refractivity contribution is 7.92. The molecular formula is C14H18N2O2S. The normalized spacial score (nSPS) is 29.8. The molecule has 0 amide bonds. The Morgan fingerprint density at radius 3 is 2.32 bits per heavy atom. The van der Waals surface area contributed by atoms with E-state index in [9.17, 15) is 13.7 Å². The van der Waals surface area contributed by atoms with Crippen molar-refractivity contribution in [1.29, 1.82) is 5.26 Å². The van der Waals surface area contributed by atoms with Gasteiger partial charge in [-0.05, 0) is 17.5 Å². The number of sulfone groups is 1. The zero-order valence-electron chi connectivity index (χ0n) is 11.1. The van der Waals surface area contributed by atoms with Crippen LogP contribution in [0.25, 0.3) is 0 Å². The minimum absolute atomic E-state index is 0.0157. The van der Waals surface area contributed by atoms with Crippen molar-refractivity contribution in [2.75, 3.05) is 5.75 Å². The van der Waals surface area contributed by atoms with Crippen LogP contribution in [0.4, 0.5) is 0 Å².